The Morgan fingerprint density at radius 1 is 1.24 bits per heavy atom. The third-order valence-corrected chi connectivity index (χ3v) is 4.54. The summed E-state index contributed by atoms with van der Waals surface area (Å²) in [7, 11) is 0. The van der Waals surface area contributed by atoms with E-state index in [0.29, 0.717) is 18.2 Å². The molecular formula is C20H18N6O3. The molecule has 146 valence electrons. The molecular weight excluding hydrogens is 372 g/mol. The maximum atomic E-state index is 12.8. The summed E-state index contributed by atoms with van der Waals surface area (Å²) >= 11 is 0. The van der Waals surface area contributed by atoms with Gasteiger partial charge in [0.1, 0.15) is 5.69 Å². The molecule has 0 aliphatic rings. The molecule has 4 aromatic rings. The maximum Gasteiger partial charge on any atom is 0.294 e. The minimum Gasteiger partial charge on any atom is -0.310 e. The normalized spacial score (nSPS) is 10.9. The Hall–Kier alpha value is -4.01. The van der Waals surface area contributed by atoms with E-state index in [-0.39, 0.29) is 11.3 Å². The van der Waals surface area contributed by atoms with Gasteiger partial charge in [0, 0.05) is 30.6 Å². The number of aromatic nitrogens is 4. The summed E-state index contributed by atoms with van der Waals surface area (Å²) in [4.78, 5) is 32.2. The van der Waals surface area contributed by atoms with Crippen molar-refractivity contribution >= 4 is 28.6 Å². The average Bonchev–Trinajstić information content (AvgIpc) is 3.37. The number of anilines is 1. The first kappa shape index (κ1) is 18.4. The number of aryl methyl sites for hydroxylation is 1. The van der Waals surface area contributed by atoms with Gasteiger partial charge >= 0.3 is 0 Å². The van der Waals surface area contributed by atoms with Gasteiger partial charge in [-0.25, -0.2) is 9.97 Å². The molecule has 0 bridgehead atoms. The zero-order chi connectivity index (χ0) is 20.4. The Kier molecular flexibility index (Phi) is 4.78. The lowest BCUT2D eigenvalue weighted by atomic mass is 10.1. The van der Waals surface area contributed by atoms with E-state index in [9.17, 15) is 14.9 Å². The van der Waals surface area contributed by atoms with E-state index in [1.165, 1.54) is 29.2 Å². The fourth-order valence-corrected chi connectivity index (χ4v) is 3.23. The summed E-state index contributed by atoms with van der Waals surface area (Å²) in [5.74, 6) is -0.0441. The van der Waals surface area contributed by atoms with Crippen molar-refractivity contribution in [2.24, 2.45) is 0 Å². The summed E-state index contributed by atoms with van der Waals surface area (Å²) in [5, 5.41) is 14.3. The lowest BCUT2D eigenvalue weighted by molar-refractivity contribution is -0.384. The molecule has 0 saturated carbocycles. The molecule has 2 heterocycles. The largest absolute Gasteiger partial charge is 0.310 e. The number of nitrogens with zero attached hydrogens (tertiary/aromatic N) is 5. The molecule has 1 amide bonds. The van der Waals surface area contributed by atoms with E-state index in [1.54, 1.807) is 12.3 Å². The van der Waals surface area contributed by atoms with E-state index in [0.717, 1.165) is 17.5 Å². The summed E-state index contributed by atoms with van der Waals surface area (Å²) in [6.45, 7) is 2.73. The Bertz CT molecular complexity index is 1200. The number of para-hydroxylation sites is 2. The lowest BCUT2D eigenvalue weighted by Crippen LogP contribution is -2.16. The first-order chi connectivity index (χ1) is 14.1. The van der Waals surface area contributed by atoms with Gasteiger partial charge in [0.05, 0.1) is 22.3 Å². The van der Waals surface area contributed by atoms with Crippen LogP contribution in [0.4, 0.5) is 11.6 Å². The molecule has 0 fully saturated rings. The fourth-order valence-electron chi connectivity index (χ4n) is 3.23. The second-order valence-electron chi connectivity index (χ2n) is 6.46. The van der Waals surface area contributed by atoms with Crippen LogP contribution in [-0.4, -0.2) is 29.9 Å². The number of hydrogen-bond donors (Lipinski definition) is 1. The summed E-state index contributed by atoms with van der Waals surface area (Å²) in [5.41, 5.74) is 2.03. The summed E-state index contributed by atoms with van der Waals surface area (Å²) in [6.07, 6.45) is 5.47. The van der Waals surface area contributed by atoms with Gasteiger partial charge in [-0.2, -0.15) is 0 Å². The molecule has 0 unspecified atom stereocenters. The fraction of sp³-hybridized carbons (Fsp3) is 0.150. The third kappa shape index (κ3) is 3.45. The van der Waals surface area contributed by atoms with Gasteiger partial charge in [-0.15, -0.1) is 0 Å². The van der Waals surface area contributed by atoms with Crippen LogP contribution < -0.4 is 5.32 Å². The molecule has 9 heteroatoms. The molecule has 0 atom stereocenters. The topological polar surface area (TPSA) is 108 Å². The van der Waals surface area contributed by atoms with Crippen molar-refractivity contribution in [3.8, 4) is 5.69 Å². The highest BCUT2D eigenvalue weighted by Crippen LogP contribution is 2.25. The number of amides is 1. The van der Waals surface area contributed by atoms with Gasteiger partial charge in [0.25, 0.3) is 11.6 Å². The smallest absolute Gasteiger partial charge is 0.294 e. The van der Waals surface area contributed by atoms with Crippen LogP contribution in [0, 0.1) is 10.1 Å². The van der Waals surface area contributed by atoms with Gasteiger partial charge in [0.15, 0.2) is 0 Å². The Labute approximate surface area is 165 Å². The molecule has 0 aliphatic heterocycles. The second kappa shape index (κ2) is 7.55. The third-order valence-electron chi connectivity index (χ3n) is 4.54. The summed E-state index contributed by atoms with van der Waals surface area (Å²) < 4.78 is 3.46. The first-order valence-corrected chi connectivity index (χ1v) is 9.12. The Morgan fingerprint density at radius 2 is 2.07 bits per heavy atom. The van der Waals surface area contributed by atoms with Gasteiger partial charge in [-0.3, -0.25) is 20.2 Å². The highest BCUT2D eigenvalue weighted by atomic mass is 16.6. The van der Waals surface area contributed by atoms with Crippen molar-refractivity contribution in [2.75, 3.05) is 5.32 Å². The maximum absolute atomic E-state index is 12.8. The van der Waals surface area contributed by atoms with Gasteiger partial charge in [0.2, 0.25) is 5.95 Å². The number of imidazole rings is 2. The monoisotopic (exact) mass is 390 g/mol. The lowest BCUT2D eigenvalue weighted by Gasteiger charge is -2.10. The minimum atomic E-state index is -0.515. The van der Waals surface area contributed by atoms with Crippen molar-refractivity contribution in [3.63, 3.8) is 0 Å². The number of carbonyl (C=O) groups is 1. The molecule has 0 radical (unpaired) electrons. The summed E-state index contributed by atoms with van der Waals surface area (Å²) in [6, 6.07) is 12.0. The molecule has 4 rings (SSSR count). The van der Waals surface area contributed by atoms with Crippen LogP contribution in [-0.2, 0) is 6.54 Å². The van der Waals surface area contributed by atoms with Crippen LogP contribution in [0.15, 0.2) is 61.2 Å². The zero-order valence-corrected chi connectivity index (χ0v) is 15.6. The van der Waals surface area contributed by atoms with Crippen LogP contribution >= 0.6 is 0 Å². The minimum absolute atomic E-state index is 0.177. The number of fused-ring (bicyclic) bond motifs is 1. The van der Waals surface area contributed by atoms with Gasteiger partial charge in [-0.05, 0) is 30.7 Å². The molecule has 0 aliphatic carbocycles. The van der Waals surface area contributed by atoms with Crippen LogP contribution in [0.25, 0.3) is 16.7 Å². The van der Waals surface area contributed by atoms with Crippen LogP contribution in [0.2, 0.25) is 0 Å². The van der Waals surface area contributed by atoms with Gasteiger partial charge < -0.3 is 9.13 Å². The number of nitro benzene ring substituents is 1. The van der Waals surface area contributed by atoms with Crippen LogP contribution in [0.1, 0.15) is 23.7 Å². The predicted molar refractivity (Wildman–Crippen MR) is 108 cm³/mol. The highest BCUT2D eigenvalue weighted by Gasteiger charge is 2.20. The number of rotatable bonds is 6. The van der Waals surface area contributed by atoms with E-state index < -0.39 is 10.8 Å². The SMILES string of the molecule is CCCn1c(NC(=O)c2ccc(-n3ccnc3)c([N+](=O)[O-])c2)nc2ccccc21. The van der Waals surface area contributed by atoms with E-state index in [2.05, 4.69) is 15.3 Å². The molecule has 29 heavy (non-hydrogen) atoms. The van der Waals surface area contributed by atoms with E-state index >= 15 is 0 Å². The van der Waals surface area contributed by atoms with Crippen LogP contribution in [0.5, 0.6) is 0 Å². The molecule has 2 aromatic carbocycles. The molecule has 1 N–H and O–H groups in total. The average molecular weight is 390 g/mol. The zero-order valence-electron chi connectivity index (χ0n) is 15.6. The molecule has 0 spiro atoms. The van der Waals surface area contributed by atoms with Crippen molar-refractivity contribution in [1.82, 2.24) is 19.1 Å². The van der Waals surface area contributed by atoms with E-state index in [4.69, 9.17) is 0 Å². The Balaban J connectivity index is 1.69. The number of carbonyl (C=O) groups excluding carboxylic acids is 1. The van der Waals surface area contributed by atoms with E-state index in [1.807, 2.05) is 35.8 Å². The Morgan fingerprint density at radius 3 is 2.79 bits per heavy atom. The number of nitro groups is 1. The molecule has 9 nitrogen and oxygen atoms in total. The quantitative estimate of drug-likeness (QED) is 0.398. The van der Waals surface area contributed by atoms with Crippen molar-refractivity contribution in [3.05, 3.63) is 76.9 Å². The molecule has 0 saturated heterocycles. The first-order valence-electron chi connectivity index (χ1n) is 9.12. The number of benzene rings is 2. The van der Waals surface area contributed by atoms with Crippen molar-refractivity contribution < 1.29 is 9.72 Å². The van der Waals surface area contributed by atoms with Gasteiger partial charge in [-0.1, -0.05) is 19.1 Å². The van der Waals surface area contributed by atoms with Crippen molar-refractivity contribution in [1.29, 1.82) is 0 Å². The predicted octanol–water partition coefficient (Wildman–Crippen LogP) is 3.79. The molecule has 2 aromatic heterocycles. The second-order valence-corrected chi connectivity index (χ2v) is 6.46. The number of hydrogen-bond acceptors (Lipinski definition) is 5. The standard InChI is InChI=1S/C20H18N6O3/c1-2-10-25-16-6-4-3-5-15(16)22-20(25)23-19(27)14-7-8-17(18(12-14)26(28)29)24-11-9-21-13-24/h3-9,11-13H,2,10H2,1H3,(H,22,23,27). The highest BCUT2D eigenvalue weighted by molar-refractivity contribution is 6.04. The van der Waals surface area contributed by atoms with Crippen molar-refractivity contribution in [2.45, 2.75) is 19.9 Å². The number of nitrogens with one attached hydrogen (secondary N) is 1. The van der Waals surface area contributed by atoms with Crippen LogP contribution in [0.3, 0.4) is 0 Å².